The van der Waals surface area contributed by atoms with Gasteiger partial charge in [-0.1, -0.05) is 227 Å². The molecule has 432 valence electrons. The van der Waals surface area contributed by atoms with Crippen molar-refractivity contribution < 1.29 is 35.1 Å². The minimum Gasteiger partial charge on any atom is -0.444 e. The van der Waals surface area contributed by atoms with Gasteiger partial charge < -0.3 is 35.2 Å². The second kappa shape index (κ2) is 49.5. The Labute approximate surface area is 447 Å². The maximum Gasteiger partial charge on any atom is 0.410 e. The van der Waals surface area contributed by atoms with Gasteiger partial charge >= 0.3 is 6.09 Å². The summed E-state index contributed by atoms with van der Waals surface area (Å²) in [5, 5.41) is 57.0. The molecule has 11 nitrogen and oxygen atoms in total. The van der Waals surface area contributed by atoms with E-state index in [0.29, 0.717) is 71.9 Å². The van der Waals surface area contributed by atoms with Gasteiger partial charge in [-0.2, -0.15) is 0 Å². The van der Waals surface area contributed by atoms with Crippen molar-refractivity contribution >= 4 is 6.09 Å². The number of aliphatic hydroxyl groups is 5. The van der Waals surface area contributed by atoms with Crippen LogP contribution in [0.25, 0.3) is 0 Å². The lowest BCUT2D eigenvalue weighted by atomic mass is 10.1. The number of amides is 1. The van der Waals surface area contributed by atoms with Gasteiger partial charge in [0.1, 0.15) is 5.60 Å². The molecule has 0 aliphatic rings. The van der Waals surface area contributed by atoms with E-state index in [9.17, 15) is 30.3 Å². The Morgan fingerprint density at radius 1 is 0.333 bits per heavy atom. The number of carbonyl (C=O) groups excluding carboxylic acids is 1. The second-order valence-corrected chi connectivity index (χ2v) is 23.3. The summed E-state index contributed by atoms with van der Waals surface area (Å²) in [5.74, 6) is 0. The highest BCUT2D eigenvalue weighted by atomic mass is 16.6. The summed E-state index contributed by atoms with van der Waals surface area (Å²) >= 11 is 0. The molecule has 0 saturated carbocycles. The molecular formula is C61H126N4O7. The zero-order valence-corrected chi connectivity index (χ0v) is 49.3. The third-order valence-corrected chi connectivity index (χ3v) is 14.6. The normalized spacial score (nSPS) is 14.4. The molecule has 0 fully saturated rings. The topological polar surface area (TPSA) is 140 Å². The molecule has 0 aliphatic carbocycles. The van der Waals surface area contributed by atoms with E-state index in [1.165, 1.54) is 122 Å². The van der Waals surface area contributed by atoms with Crippen molar-refractivity contribution in [2.45, 2.75) is 316 Å². The van der Waals surface area contributed by atoms with Gasteiger partial charge in [0.05, 0.1) is 30.5 Å². The fourth-order valence-corrected chi connectivity index (χ4v) is 9.97. The largest absolute Gasteiger partial charge is 0.444 e. The van der Waals surface area contributed by atoms with Gasteiger partial charge in [-0.05, 0) is 52.9 Å². The number of rotatable bonds is 54. The summed E-state index contributed by atoms with van der Waals surface area (Å²) in [7, 11) is 0. The molecule has 0 aliphatic heterocycles. The average molecular weight is 1030 g/mol. The molecule has 72 heavy (non-hydrogen) atoms. The quantitative estimate of drug-likeness (QED) is 0.0374. The molecule has 1 amide bonds. The van der Waals surface area contributed by atoms with Crippen LogP contribution in [0.2, 0.25) is 0 Å². The minimum atomic E-state index is -0.681. The highest BCUT2D eigenvalue weighted by molar-refractivity contribution is 5.68. The lowest BCUT2D eigenvalue weighted by molar-refractivity contribution is 0.00987. The zero-order valence-electron chi connectivity index (χ0n) is 49.3. The van der Waals surface area contributed by atoms with E-state index >= 15 is 0 Å². The minimum absolute atomic E-state index is 0.209. The molecule has 0 aromatic heterocycles. The lowest BCUT2D eigenvalue weighted by Gasteiger charge is -2.34. The lowest BCUT2D eigenvalue weighted by Crippen LogP contribution is -2.49. The number of ether oxygens (including phenoxy) is 1. The van der Waals surface area contributed by atoms with Crippen molar-refractivity contribution in [1.82, 2.24) is 19.6 Å². The van der Waals surface area contributed by atoms with Crippen LogP contribution >= 0.6 is 0 Å². The van der Waals surface area contributed by atoms with Gasteiger partial charge in [-0.25, -0.2) is 4.79 Å². The summed E-state index contributed by atoms with van der Waals surface area (Å²) in [6.45, 7) is 22.6. The van der Waals surface area contributed by atoms with Crippen LogP contribution in [-0.4, -0.2) is 159 Å². The number of carbonyl (C=O) groups is 1. The van der Waals surface area contributed by atoms with Gasteiger partial charge in [0, 0.05) is 72.0 Å². The molecule has 5 N–H and O–H groups in total. The second-order valence-electron chi connectivity index (χ2n) is 23.3. The summed E-state index contributed by atoms with van der Waals surface area (Å²) in [4.78, 5) is 22.4. The van der Waals surface area contributed by atoms with Crippen LogP contribution in [0, 0.1) is 0 Å². The van der Waals surface area contributed by atoms with Crippen LogP contribution in [0.15, 0.2) is 0 Å². The first-order valence-electron chi connectivity index (χ1n) is 31.2. The number of aliphatic hydroxyl groups excluding tert-OH is 5. The molecule has 0 aromatic rings. The predicted molar refractivity (Wildman–Crippen MR) is 307 cm³/mol. The molecule has 0 radical (unpaired) electrons. The summed E-state index contributed by atoms with van der Waals surface area (Å²) < 4.78 is 5.94. The fourth-order valence-electron chi connectivity index (χ4n) is 9.97. The van der Waals surface area contributed by atoms with Crippen LogP contribution in [0.1, 0.15) is 280 Å². The molecule has 0 bridgehead atoms. The first kappa shape index (κ1) is 71.0. The Morgan fingerprint density at radius 3 is 0.819 bits per heavy atom. The van der Waals surface area contributed by atoms with E-state index in [2.05, 4.69) is 49.3 Å². The first-order valence-corrected chi connectivity index (χ1v) is 31.2. The van der Waals surface area contributed by atoms with Gasteiger partial charge in [0.25, 0.3) is 0 Å². The smallest absolute Gasteiger partial charge is 0.410 e. The Balaban J connectivity index is 6.55. The SMILES string of the molecule is CCCCCCCCC(O)CN(CCN(CCN(CC(O)CCCCCCCC)CC(O)CCCCCCCC)CCN(CC(O)CCCCCCCC)C(=O)OC(C)(C)C)CC(O)CCCCCCCC. The molecule has 5 unspecified atom stereocenters. The van der Waals surface area contributed by atoms with Crippen molar-refractivity contribution in [3.63, 3.8) is 0 Å². The maximum absolute atomic E-state index is 13.9. The van der Waals surface area contributed by atoms with Crippen LogP contribution in [0.3, 0.4) is 0 Å². The Hall–Kier alpha value is -1.05. The van der Waals surface area contributed by atoms with E-state index in [4.69, 9.17) is 4.74 Å². The van der Waals surface area contributed by atoms with Crippen molar-refractivity contribution in [2.75, 3.05) is 72.0 Å². The van der Waals surface area contributed by atoms with Gasteiger partial charge in [-0.15, -0.1) is 0 Å². The van der Waals surface area contributed by atoms with E-state index in [1.807, 2.05) is 20.8 Å². The standard InChI is InChI=1S/C61H126N4O7/c1-9-14-19-24-29-34-39-55(66)50-63(51-56(67)40-35-30-25-20-15-10-2)46-44-62(48-49-65(60(71)72-61(6,7)8)54-59(70)43-38-33-28-23-18-13-5)45-47-64(52-57(68)41-36-31-26-21-16-11-3)53-58(69)42-37-32-27-22-17-12-4/h55-59,66-70H,9-54H2,1-8H3. The molecular weight excluding hydrogens is 901 g/mol. The van der Waals surface area contributed by atoms with Crippen molar-refractivity contribution in [3.8, 4) is 0 Å². The third kappa shape index (κ3) is 46.3. The fraction of sp³-hybridized carbons (Fsp3) is 0.984. The molecule has 0 spiro atoms. The molecule has 0 saturated heterocycles. The third-order valence-electron chi connectivity index (χ3n) is 14.6. The van der Waals surface area contributed by atoms with Crippen LogP contribution in [0.5, 0.6) is 0 Å². The van der Waals surface area contributed by atoms with E-state index in [1.54, 1.807) is 4.90 Å². The highest BCUT2D eigenvalue weighted by Crippen LogP contribution is 2.17. The molecule has 5 atom stereocenters. The number of unbranched alkanes of at least 4 members (excludes halogenated alkanes) is 25. The van der Waals surface area contributed by atoms with Crippen LogP contribution in [0.4, 0.5) is 4.79 Å². The Bertz CT molecular complexity index is 1040. The van der Waals surface area contributed by atoms with Crippen LogP contribution < -0.4 is 0 Å². The summed E-state index contributed by atoms with van der Waals surface area (Å²) in [6.07, 6.45) is 35.8. The van der Waals surface area contributed by atoms with E-state index < -0.39 is 42.2 Å². The van der Waals surface area contributed by atoms with E-state index in [-0.39, 0.29) is 6.54 Å². The summed E-state index contributed by atoms with van der Waals surface area (Å²) in [5.41, 5.74) is -0.681. The number of hydrogen-bond donors (Lipinski definition) is 5. The van der Waals surface area contributed by atoms with Crippen molar-refractivity contribution in [2.24, 2.45) is 0 Å². The van der Waals surface area contributed by atoms with Gasteiger partial charge in [-0.3, -0.25) is 14.7 Å². The molecule has 0 aromatic carbocycles. The predicted octanol–water partition coefficient (Wildman–Crippen LogP) is 13.7. The molecule has 11 heteroatoms. The van der Waals surface area contributed by atoms with E-state index in [0.717, 1.165) is 96.3 Å². The Morgan fingerprint density at radius 2 is 0.556 bits per heavy atom. The van der Waals surface area contributed by atoms with Crippen LogP contribution in [-0.2, 0) is 4.74 Å². The molecule has 0 heterocycles. The molecule has 0 rings (SSSR count). The van der Waals surface area contributed by atoms with Crippen molar-refractivity contribution in [1.29, 1.82) is 0 Å². The van der Waals surface area contributed by atoms with Gasteiger partial charge in [0.15, 0.2) is 0 Å². The van der Waals surface area contributed by atoms with Gasteiger partial charge in [0.2, 0.25) is 0 Å². The first-order chi connectivity index (χ1) is 34.7. The zero-order chi connectivity index (χ0) is 53.5. The number of nitrogens with zero attached hydrogens (tertiary/aromatic N) is 4. The summed E-state index contributed by atoms with van der Waals surface area (Å²) in [6, 6.07) is 0. The van der Waals surface area contributed by atoms with Crippen molar-refractivity contribution in [3.05, 3.63) is 0 Å². The maximum atomic E-state index is 13.9. The highest BCUT2D eigenvalue weighted by Gasteiger charge is 2.26. The monoisotopic (exact) mass is 1030 g/mol. The Kier molecular flexibility index (Phi) is 48.8. The number of hydrogen-bond acceptors (Lipinski definition) is 10. The average Bonchev–Trinajstić information content (AvgIpc) is 3.33.